The third-order valence-electron chi connectivity index (χ3n) is 2.97. The van der Waals surface area contributed by atoms with Gasteiger partial charge in [-0.25, -0.2) is 0 Å². The maximum Gasteiger partial charge on any atom is 0.414 e. The second-order valence-corrected chi connectivity index (χ2v) is 4.11. The molecule has 0 N–H and O–H groups in total. The SMILES string of the molecule is O=[N+]([O-])c1cn2c(n1)OC(C1CC1)CC2. The fourth-order valence-electron chi connectivity index (χ4n) is 1.99. The molecule has 0 aromatic carbocycles. The van der Waals surface area contributed by atoms with E-state index in [4.69, 9.17) is 4.74 Å². The van der Waals surface area contributed by atoms with Crippen molar-refractivity contribution >= 4 is 5.82 Å². The average molecular weight is 209 g/mol. The molecule has 0 spiro atoms. The van der Waals surface area contributed by atoms with E-state index in [1.165, 1.54) is 19.0 Å². The molecule has 0 amide bonds. The molecule has 6 heteroatoms. The van der Waals surface area contributed by atoms with E-state index in [1.807, 2.05) is 0 Å². The predicted molar refractivity (Wildman–Crippen MR) is 50.6 cm³/mol. The summed E-state index contributed by atoms with van der Waals surface area (Å²) >= 11 is 0. The van der Waals surface area contributed by atoms with E-state index < -0.39 is 4.92 Å². The molecule has 80 valence electrons. The van der Waals surface area contributed by atoms with Crippen LogP contribution < -0.4 is 4.74 Å². The fraction of sp³-hybridized carbons (Fsp3) is 0.667. The molecular formula is C9H11N3O3. The second kappa shape index (κ2) is 2.95. The summed E-state index contributed by atoms with van der Waals surface area (Å²) in [5, 5.41) is 10.5. The number of hydrogen-bond donors (Lipinski definition) is 0. The number of nitrogens with zero attached hydrogens (tertiary/aromatic N) is 3. The Kier molecular flexibility index (Phi) is 1.71. The van der Waals surface area contributed by atoms with Crippen molar-refractivity contribution < 1.29 is 9.66 Å². The summed E-state index contributed by atoms with van der Waals surface area (Å²) in [6.07, 6.45) is 5.03. The number of aromatic nitrogens is 2. The van der Waals surface area contributed by atoms with Gasteiger partial charge in [-0.15, -0.1) is 0 Å². The molecule has 15 heavy (non-hydrogen) atoms. The second-order valence-electron chi connectivity index (χ2n) is 4.11. The quantitative estimate of drug-likeness (QED) is 0.544. The number of hydrogen-bond acceptors (Lipinski definition) is 4. The minimum absolute atomic E-state index is 0.124. The first kappa shape index (κ1) is 8.70. The van der Waals surface area contributed by atoms with Crippen LogP contribution in [0.15, 0.2) is 6.20 Å². The summed E-state index contributed by atoms with van der Waals surface area (Å²) in [7, 11) is 0. The molecule has 0 bridgehead atoms. The molecule has 0 saturated heterocycles. The standard InChI is InChI=1S/C9H11N3O3/c13-12(14)8-5-11-4-3-7(6-1-2-6)15-9(11)10-8/h5-7H,1-4H2. The van der Waals surface area contributed by atoms with Crippen LogP contribution in [0.25, 0.3) is 0 Å². The smallest absolute Gasteiger partial charge is 0.414 e. The average Bonchev–Trinajstić information content (AvgIpc) is 2.96. The molecule has 3 rings (SSSR count). The first-order chi connectivity index (χ1) is 7.24. The van der Waals surface area contributed by atoms with Gasteiger partial charge in [0.1, 0.15) is 12.3 Å². The van der Waals surface area contributed by atoms with Gasteiger partial charge in [0, 0.05) is 17.9 Å². The molecule has 1 atom stereocenters. The molecule has 2 aliphatic rings. The monoisotopic (exact) mass is 209 g/mol. The highest BCUT2D eigenvalue weighted by molar-refractivity contribution is 5.21. The van der Waals surface area contributed by atoms with Crippen molar-refractivity contribution in [3.05, 3.63) is 16.3 Å². The van der Waals surface area contributed by atoms with Gasteiger partial charge in [-0.1, -0.05) is 0 Å². The van der Waals surface area contributed by atoms with Crippen LogP contribution in [-0.2, 0) is 6.54 Å². The molecule has 2 heterocycles. The van der Waals surface area contributed by atoms with Crippen molar-refractivity contribution in [1.29, 1.82) is 0 Å². The van der Waals surface area contributed by atoms with Crippen molar-refractivity contribution in [3.8, 4) is 6.01 Å². The van der Waals surface area contributed by atoms with Gasteiger partial charge in [-0.3, -0.25) is 4.57 Å². The van der Waals surface area contributed by atoms with Crippen LogP contribution in [0, 0.1) is 16.0 Å². The highest BCUT2D eigenvalue weighted by Gasteiger charge is 2.37. The highest BCUT2D eigenvalue weighted by atomic mass is 16.6. The summed E-state index contributed by atoms with van der Waals surface area (Å²) in [5.74, 6) is 0.524. The topological polar surface area (TPSA) is 70.2 Å². The molecule has 6 nitrogen and oxygen atoms in total. The zero-order chi connectivity index (χ0) is 10.4. The number of nitro groups is 1. The number of aryl methyl sites for hydroxylation is 1. The van der Waals surface area contributed by atoms with Crippen molar-refractivity contribution in [2.24, 2.45) is 5.92 Å². The molecule has 1 aliphatic carbocycles. The number of imidazole rings is 1. The van der Waals surface area contributed by atoms with E-state index in [9.17, 15) is 10.1 Å². The van der Waals surface area contributed by atoms with E-state index >= 15 is 0 Å². The van der Waals surface area contributed by atoms with Gasteiger partial charge >= 0.3 is 11.8 Å². The Balaban J connectivity index is 1.85. The lowest BCUT2D eigenvalue weighted by molar-refractivity contribution is -0.389. The van der Waals surface area contributed by atoms with Crippen molar-refractivity contribution in [3.63, 3.8) is 0 Å². The van der Waals surface area contributed by atoms with Crippen LogP contribution in [-0.4, -0.2) is 20.6 Å². The van der Waals surface area contributed by atoms with Crippen LogP contribution in [0.5, 0.6) is 6.01 Å². The van der Waals surface area contributed by atoms with Gasteiger partial charge in [0.05, 0.1) is 0 Å². The fourth-order valence-corrected chi connectivity index (χ4v) is 1.99. The van der Waals surface area contributed by atoms with Gasteiger partial charge < -0.3 is 14.9 Å². The van der Waals surface area contributed by atoms with Crippen LogP contribution in [0.3, 0.4) is 0 Å². The van der Waals surface area contributed by atoms with Crippen LogP contribution in [0.4, 0.5) is 5.82 Å². The van der Waals surface area contributed by atoms with Crippen LogP contribution in [0.2, 0.25) is 0 Å². The molecule has 1 aromatic heterocycles. The third kappa shape index (κ3) is 1.45. The molecule has 1 aliphatic heterocycles. The summed E-state index contributed by atoms with van der Waals surface area (Å²) in [5.41, 5.74) is 0. The van der Waals surface area contributed by atoms with Crippen LogP contribution >= 0.6 is 0 Å². The van der Waals surface area contributed by atoms with E-state index in [0.717, 1.165) is 13.0 Å². The Bertz CT molecular complexity index is 411. The lowest BCUT2D eigenvalue weighted by atomic mass is 10.1. The van der Waals surface area contributed by atoms with E-state index in [1.54, 1.807) is 4.57 Å². The minimum Gasteiger partial charge on any atom is -0.442 e. The molecule has 0 radical (unpaired) electrons. The van der Waals surface area contributed by atoms with E-state index in [-0.39, 0.29) is 11.9 Å². The van der Waals surface area contributed by atoms with Gasteiger partial charge in [0.2, 0.25) is 0 Å². The van der Waals surface area contributed by atoms with E-state index in [0.29, 0.717) is 11.9 Å². The number of rotatable bonds is 2. The number of ether oxygens (including phenoxy) is 1. The predicted octanol–water partition coefficient (Wildman–Crippen LogP) is 1.35. The summed E-state index contributed by atoms with van der Waals surface area (Å²) in [6.45, 7) is 0.775. The van der Waals surface area contributed by atoms with Gasteiger partial charge in [-0.05, 0) is 23.7 Å². The first-order valence-corrected chi connectivity index (χ1v) is 5.12. The Morgan fingerprint density at radius 1 is 1.53 bits per heavy atom. The Morgan fingerprint density at radius 3 is 3.00 bits per heavy atom. The maximum atomic E-state index is 10.5. The van der Waals surface area contributed by atoms with Crippen LogP contribution in [0.1, 0.15) is 19.3 Å². The van der Waals surface area contributed by atoms with Crippen molar-refractivity contribution in [2.75, 3.05) is 0 Å². The lowest BCUT2D eigenvalue weighted by Gasteiger charge is -2.21. The summed E-state index contributed by atoms with van der Waals surface area (Å²) in [6, 6.07) is 0.407. The van der Waals surface area contributed by atoms with Gasteiger partial charge in [-0.2, -0.15) is 0 Å². The maximum absolute atomic E-state index is 10.5. The van der Waals surface area contributed by atoms with E-state index in [2.05, 4.69) is 4.98 Å². The molecule has 1 unspecified atom stereocenters. The largest absolute Gasteiger partial charge is 0.442 e. The number of fused-ring (bicyclic) bond motifs is 1. The lowest BCUT2D eigenvalue weighted by Crippen LogP contribution is -2.27. The first-order valence-electron chi connectivity index (χ1n) is 5.12. The zero-order valence-electron chi connectivity index (χ0n) is 8.13. The minimum atomic E-state index is -0.485. The van der Waals surface area contributed by atoms with Gasteiger partial charge in [0.15, 0.2) is 0 Å². The molecule has 1 saturated carbocycles. The van der Waals surface area contributed by atoms with Crippen molar-refractivity contribution in [2.45, 2.75) is 31.9 Å². The van der Waals surface area contributed by atoms with Crippen molar-refractivity contribution in [1.82, 2.24) is 9.55 Å². The highest BCUT2D eigenvalue weighted by Crippen LogP contribution is 2.38. The normalized spacial score (nSPS) is 24.4. The molecule has 1 aromatic rings. The zero-order valence-corrected chi connectivity index (χ0v) is 8.13. The Morgan fingerprint density at radius 2 is 2.33 bits per heavy atom. The molecular weight excluding hydrogens is 198 g/mol. The third-order valence-corrected chi connectivity index (χ3v) is 2.97. The molecule has 1 fully saturated rings. The Hall–Kier alpha value is -1.59. The summed E-state index contributed by atoms with van der Waals surface area (Å²) < 4.78 is 7.35. The Labute approximate surface area is 86.0 Å². The van der Waals surface area contributed by atoms with Gasteiger partial charge in [0.25, 0.3) is 0 Å². The summed E-state index contributed by atoms with van der Waals surface area (Å²) in [4.78, 5) is 13.9.